The minimum atomic E-state index is 0.118. The van der Waals surface area contributed by atoms with Crippen LogP contribution in [-0.4, -0.2) is 23.4 Å². The van der Waals surface area contributed by atoms with E-state index in [2.05, 4.69) is 10.5 Å². The van der Waals surface area contributed by atoms with Crippen molar-refractivity contribution in [2.24, 2.45) is 0 Å². The lowest BCUT2D eigenvalue weighted by Crippen LogP contribution is -2.26. The third-order valence-electron chi connectivity index (χ3n) is 2.60. The zero-order valence-corrected chi connectivity index (χ0v) is 8.20. The Kier molecular flexibility index (Phi) is 3.16. The molecule has 0 aromatic carbocycles. The van der Waals surface area contributed by atoms with Crippen molar-refractivity contribution in [2.45, 2.75) is 31.7 Å². The van der Waals surface area contributed by atoms with E-state index < -0.39 is 0 Å². The van der Waals surface area contributed by atoms with Gasteiger partial charge in [0.05, 0.1) is 12.6 Å². The van der Waals surface area contributed by atoms with Crippen LogP contribution < -0.4 is 5.32 Å². The molecule has 0 amide bonds. The van der Waals surface area contributed by atoms with Gasteiger partial charge in [0.1, 0.15) is 11.5 Å². The summed E-state index contributed by atoms with van der Waals surface area (Å²) in [6.45, 7) is 1.18. The van der Waals surface area contributed by atoms with Crippen LogP contribution in [-0.2, 0) is 6.42 Å². The number of rotatable bonds is 3. The first-order valence-electron chi connectivity index (χ1n) is 5.20. The van der Waals surface area contributed by atoms with Crippen molar-refractivity contribution in [2.75, 3.05) is 13.2 Å². The van der Waals surface area contributed by atoms with Crippen LogP contribution in [0.5, 0.6) is 0 Å². The van der Waals surface area contributed by atoms with E-state index in [0.717, 1.165) is 24.4 Å². The molecule has 4 nitrogen and oxygen atoms in total. The standard InChI is InChI=1S/C10H16N2O2/c13-6-4-8-7-10(12-14-8)9-3-1-2-5-11-9/h7,9,11,13H,1-6H2/t9-/m0/s1. The van der Waals surface area contributed by atoms with Crippen molar-refractivity contribution < 1.29 is 9.63 Å². The number of piperidine rings is 1. The Balaban J connectivity index is 2.00. The Morgan fingerprint density at radius 3 is 3.21 bits per heavy atom. The summed E-state index contributed by atoms with van der Waals surface area (Å²) in [7, 11) is 0. The molecule has 1 aliphatic heterocycles. The second-order valence-corrected chi connectivity index (χ2v) is 3.69. The van der Waals surface area contributed by atoms with Crippen molar-refractivity contribution in [1.82, 2.24) is 10.5 Å². The molecule has 1 atom stereocenters. The summed E-state index contributed by atoms with van der Waals surface area (Å²) in [5.41, 5.74) is 0.980. The number of aromatic nitrogens is 1. The first-order chi connectivity index (χ1) is 6.90. The van der Waals surface area contributed by atoms with Gasteiger partial charge < -0.3 is 14.9 Å². The summed E-state index contributed by atoms with van der Waals surface area (Å²) in [4.78, 5) is 0. The zero-order valence-electron chi connectivity index (χ0n) is 8.20. The smallest absolute Gasteiger partial charge is 0.139 e. The van der Waals surface area contributed by atoms with Gasteiger partial charge in [0.2, 0.25) is 0 Å². The third kappa shape index (κ3) is 2.13. The summed E-state index contributed by atoms with van der Waals surface area (Å²) in [5, 5.41) is 16.2. The normalized spacial score (nSPS) is 22.5. The average molecular weight is 196 g/mol. The highest BCUT2D eigenvalue weighted by molar-refractivity contribution is 5.10. The van der Waals surface area contributed by atoms with E-state index in [1.807, 2.05) is 6.07 Å². The van der Waals surface area contributed by atoms with Gasteiger partial charge in [-0.15, -0.1) is 0 Å². The number of hydrogen-bond acceptors (Lipinski definition) is 4. The Morgan fingerprint density at radius 2 is 2.50 bits per heavy atom. The molecule has 1 fully saturated rings. The molecule has 14 heavy (non-hydrogen) atoms. The first kappa shape index (κ1) is 9.68. The fourth-order valence-electron chi connectivity index (χ4n) is 1.83. The maximum atomic E-state index is 8.74. The van der Waals surface area contributed by atoms with Crippen molar-refractivity contribution >= 4 is 0 Å². The predicted molar refractivity (Wildman–Crippen MR) is 51.9 cm³/mol. The van der Waals surface area contributed by atoms with E-state index in [0.29, 0.717) is 12.5 Å². The van der Waals surface area contributed by atoms with Crippen LogP contribution in [0.15, 0.2) is 10.6 Å². The second-order valence-electron chi connectivity index (χ2n) is 3.69. The summed E-state index contributed by atoms with van der Waals surface area (Å²) in [6.07, 6.45) is 4.18. The van der Waals surface area contributed by atoms with Crippen LogP contribution in [0.1, 0.15) is 36.8 Å². The minimum Gasteiger partial charge on any atom is -0.396 e. The summed E-state index contributed by atoms with van der Waals surface area (Å²) >= 11 is 0. The number of hydrogen-bond donors (Lipinski definition) is 2. The largest absolute Gasteiger partial charge is 0.396 e. The first-order valence-corrected chi connectivity index (χ1v) is 5.20. The van der Waals surface area contributed by atoms with Crippen molar-refractivity contribution in [3.05, 3.63) is 17.5 Å². The van der Waals surface area contributed by atoms with Gasteiger partial charge >= 0.3 is 0 Å². The fourth-order valence-corrected chi connectivity index (χ4v) is 1.83. The predicted octanol–water partition coefficient (Wildman–Crippen LogP) is 1.02. The van der Waals surface area contributed by atoms with Crippen LogP contribution in [0.25, 0.3) is 0 Å². The molecule has 78 valence electrons. The number of aliphatic hydroxyl groups excluding tert-OH is 1. The quantitative estimate of drug-likeness (QED) is 0.758. The molecule has 0 aliphatic carbocycles. The molecular weight excluding hydrogens is 180 g/mol. The van der Waals surface area contributed by atoms with Gasteiger partial charge in [-0.2, -0.15) is 0 Å². The Hall–Kier alpha value is -0.870. The maximum absolute atomic E-state index is 8.74. The SMILES string of the molecule is OCCc1cc([C@@H]2CCCCN2)no1. The molecule has 0 saturated carbocycles. The second kappa shape index (κ2) is 4.57. The lowest BCUT2D eigenvalue weighted by Gasteiger charge is -2.20. The lowest BCUT2D eigenvalue weighted by atomic mass is 10.0. The monoisotopic (exact) mass is 196 g/mol. The van der Waals surface area contributed by atoms with E-state index >= 15 is 0 Å². The Bertz CT molecular complexity index is 279. The Labute approximate surface area is 83.3 Å². The molecule has 4 heteroatoms. The van der Waals surface area contributed by atoms with Crippen LogP contribution >= 0.6 is 0 Å². The lowest BCUT2D eigenvalue weighted by molar-refractivity contribution is 0.275. The molecule has 1 aromatic heterocycles. The molecule has 1 aromatic rings. The molecule has 0 radical (unpaired) electrons. The minimum absolute atomic E-state index is 0.118. The van der Waals surface area contributed by atoms with E-state index in [1.165, 1.54) is 12.8 Å². The molecule has 2 N–H and O–H groups in total. The maximum Gasteiger partial charge on any atom is 0.139 e. The topological polar surface area (TPSA) is 58.3 Å². The van der Waals surface area contributed by atoms with E-state index in [-0.39, 0.29) is 6.61 Å². The average Bonchev–Trinajstić information content (AvgIpc) is 2.68. The van der Waals surface area contributed by atoms with E-state index in [9.17, 15) is 0 Å². The fraction of sp³-hybridized carbons (Fsp3) is 0.700. The van der Waals surface area contributed by atoms with Gasteiger partial charge in [-0.3, -0.25) is 0 Å². The highest BCUT2D eigenvalue weighted by atomic mass is 16.5. The Morgan fingerprint density at radius 1 is 1.57 bits per heavy atom. The van der Waals surface area contributed by atoms with Crippen molar-refractivity contribution in [3.8, 4) is 0 Å². The number of nitrogens with zero attached hydrogens (tertiary/aromatic N) is 1. The molecule has 0 unspecified atom stereocenters. The summed E-state index contributed by atoms with van der Waals surface area (Å²) in [6, 6.07) is 2.29. The third-order valence-corrected chi connectivity index (χ3v) is 2.60. The zero-order chi connectivity index (χ0) is 9.80. The highest BCUT2D eigenvalue weighted by Crippen LogP contribution is 2.22. The molecular formula is C10H16N2O2. The van der Waals surface area contributed by atoms with Crippen molar-refractivity contribution in [3.63, 3.8) is 0 Å². The van der Waals surface area contributed by atoms with Crippen molar-refractivity contribution in [1.29, 1.82) is 0 Å². The summed E-state index contributed by atoms with van der Waals surface area (Å²) in [5.74, 6) is 0.773. The van der Waals surface area contributed by atoms with Crippen LogP contribution in [0, 0.1) is 0 Å². The molecule has 0 spiro atoms. The van der Waals surface area contributed by atoms with Crippen LogP contribution in [0.2, 0.25) is 0 Å². The van der Waals surface area contributed by atoms with Gasteiger partial charge in [-0.1, -0.05) is 11.6 Å². The van der Waals surface area contributed by atoms with Crippen LogP contribution in [0.4, 0.5) is 0 Å². The number of aliphatic hydroxyl groups is 1. The van der Waals surface area contributed by atoms with Gasteiger partial charge in [0.15, 0.2) is 0 Å². The van der Waals surface area contributed by atoms with E-state index in [4.69, 9.17) is 9.63 Å². The van der Waals surface area contributed by atoms with Gasteiger partial charge in [-0.05, 0) is 19.4 Å². The van der Waals surface area contributed by atoms with Gasteiger partial charge in [0, 0.05) is 12.5 Å². The molecule has 1 saturated heterocycles. The summed E-state index contributed by atoms with van der Waals surface area (Å²) < 4.78 is 5.11. The number of nitrogens with one attached hydrogen (secondary N) is 1. The van der Waals surface area contributed by atoms with Crippen LogP contribution in [0.3, 0.4) is 0 Å². The molecule has 2 heterocycles. The van der Waals surface area contributed by atoms with Gasteiger partial charge in [-0.25, -0.2) is 0 Å². The van der Waals surface area contributed by atoms with Gasteiger partial charge in [0.25, 0.3) is 0 Å². The molecule has 1 aliphatic rings. The van der Waals surface area contributed by atoms with E-state index in [1.54, 1.807) is 0 Å². The highest BCUT2D eigenvalue weighted by Gasteiger charge is 2.18. The molecule has 0 bridgehead atoms. The molecule has 2 rings (SSSR count).